The minimum atomic E-state index is 0.0694. The van der Waals surface area contributed by atoms with Crippen molar-refractivity contribution in [3.05, 3.63) is 65.9 Å². The zero-order chi connectivity index (χ0) is 23.3. The van der Waals surface area contributed by atoms with Crippen molar-refractivity contribution in [2.45, 2.75) is 44.2 Å². The van der Waals surface area contributed by atoms with Crippen LogP contribution in [0.15, 0.2) is 54.7 Å². The number of likely N-dealkylation sites (tertiary alicyclic amines) is 2. The number of rotatable bonds is 7. The van der Waals surface area contributed by atoms with Crippen LogP contribution in [0.5, 0.6) is 5.75 Å². The van der Waals surface area contributed by atoms with Crippen LogP contribution in [0.1, 0.15) is 42.7 Å². The Balaban J connectivity index is 1.29. The highest BCUT2D eigenvalue weighted by molar-refractivity contribution is 5.84. The molecule has 0 saturated carbocycles. The van der Waals surface area contributed by atoms with Gasteiger partial charge in [0.2, 0.25) is 5.91 Å². The van der Waals surface area contributed by atoms with Crippen molar-refractivity contribution in [2.75, 3.05) is 39.8 Å². The fourth-order valence-corrected chi connectivity index (χ4v) is 5.85. The van der Waals surface area contributed by atoms with Crippen molar-refractivity contribution in [3.63, 3.8) is 0 Å². The number of aromatic nitrogens is 1. The number of para-hydroxylation sites is 2. The highest BCUT2D eigenvalue weighted by Gasteiger charge is 2.36. The normalized spacial score (nSPS) is 22.0. The second-order valence-electron chi connectivity index (χ2n) is 9.67. The Kier molecular flexibility index (Phi) is 7.16. The highest BCUT2D eigenvalue weighted by Crippen LogP contribution is 2.36. The molecule has 6 nitrogen and oxygen atoms in total. The average molecular weight is 461 g/mol. The molecule has 34 heavy (non-hydrogen) atoms. The van der Waals surface area contributed by atoms with Crippen LogP contribution in [0, 0.1) is 0 Å². The third-order valence-corrected chi connectivity index (χ3v) is 7.58. The number of amides is 1. The summed E-state index contributed by atoms with van der Waals surface area (Å²) in [6, 6.07) is 17.0. The topological polar surface area (TPSA) is 60.6 Å². The van der Waals surface area contributed by atoms with Crippen LogP contribution in [0.4, 0.5) is 0 Å². The lowest BCUT2D eigenvalue weighted by Gasteiger charge is -2.45. The van der Waals surface area contributed by atoms with E-state index in [4.69, 9.17) is 4.74 Å². The van der Waals surface area contributed by atoms with Gasteiger partial charge >= 0.3 is 0 Å². The number of nitrogens with zero attached hydrogens (tertiary/aromatic N) is 2. The van der Waals surface area contributed by atoms with Gasteiger partial charge in [-0.15, -0.1) is 0 Å². The van der Waals surface area contributed by atoms with E-state index in [1.54, 1.807) is 7.11 Å². The van der Waals surface area contributed by atoms with Gasteiger partial charge in [0.05, 0.1) is 13.7 Å². The fourth-order valence-electron chi connectivity index (χ4n) is 5.85. The van der Waals surface area contributed by atoms with Crippen molar-refractivity contribution in [3.8, 4) is 5.75 Å². The molecule has 3 aromatic rings. The Morgan fingerprint density at radius 1 is 1.06 bits per heavy atom. The quantitative estimate of drug-likeness (QED) is 0.556. The largest absolute Gasteiger partial charge is 0.496 e. The molecule has 3 heterocycles. The van der Waals surface area contributed by atoms with Gasteiger partial charge in [0.25, 0.3) is 0 Å². The lowest BCUT2D eigenvalue weighted by molar-refractivity contribution is -0.123. The molecule has 2 atom stereocenters. The molecule has 2 N–H and O–H groups in total. The molecular weight excluding hydrogens is 424 g/mol. The summed E-state index contributed by atoms with van der Waals surface area (Å²) in [6.45, 7) is 5.18. The van der Waals surface area contributed by atoms with E-state index in [0.717, 1.165) is 30.8 Å². The van der Waals surface area contributed by atoms with Crippen molar-refractivity contribution in [2.24, 2.45) is 0 Å². The number of hydrogen-bond acceptors (Lipinski definition) is 4. The molecule has 0 aliphatic carbocycles. The maximum Gasteiger partial charge on any atom is 0.234 e. The van der Waals surface area contributed by atoms with Crippen molar-refractivity contribution in [1.29, 1.82) is 0 Å². The molecule has 2 aliphatic rings. The van der Waals surface area contributed by atoms with E-state index >= 15 is 0 Å². The smallest absolute Gasteiger partial charge is 0.234 e. The molecule has 0 radical (unpaired) electrons. The summed E-state index contributed by atoms with van der Waals surface area (Å²) >= 11 is 0. The third-order valence-electron chi connectivity index (χ3n) is 7.58. The van der Waals surface area contributed by atoms with Crippen LogP contribution in [0.2, 0.25) is 0 Å². The number of hydrogen-bond donors (Lipinski definition) is 2. The first kappa shape index (κ1) is 22.9. The lowest BCUT2D eigenvalue weighted by atomic mass is 9.84. The predicted molar refractivity (Wildman–Crippen MR) is 136 cm³/mol. The number of nitrogens with one attached hydrogen (secondary N) is 2. The van der Waals surface area contributed by atoms with E-state index < -0.39 is 0 Å². The van der Waals surface area contributed by atoms with E-state index in [0.29, 0.717) is 25.0 Å². The van der Waals surface area contributed by atoms with E-state index in [2.05, 4.69) is 50.6 Å². The maximum absolute atomic E-state index is 12.9. The Bertz CT molecular complexity index is 1100. The number of aromatic amines is 1. The number of ether oxygens (including phenoxy) is 1. The molecule has 2 aliphatic heterocycles. The van der Waals surface area contributed by atoms with Crippen LogP contribution in [-0.2, 0) is 11.3 Å². The number of carbonyl (C=O) groups excluding carboxylic acids is 1. The molecule has 0 bridgehead atoms. The molecule has 2 fully saturated rings. The standard InChI is InChI=1S/C28H36N4O2/c1-34-27-12-6-3-9-21(27)17-30-28(33)20-31-16-13-26(32-14-7-2-8-15-32)24(19-31)23-18-29-25-11-5-4-10-22(23)25/h3-6,9-12,18,24,26,29H,2,7-8,13-17,19-20H2,1H3,(H,30,33). The molecule has 2 unspecified atom stereocenters. The molecular formula is C28H36N4O2. The average Bonchev–Trinajstić information content (AvgIpc) is 3.32. The SMILES string of the molecule is COc1ccccc1CNC(=O)CN1CCC(N2CCCCC2)C(c2c[nH]c3ccccc23)C1. The van der Waals surface area contributed by atoms with E-state index in [1.807, 2.05) is 24.3 Å². The minimum Gasteiger partial charge on any atom is -0.496 e. The van der Waals surface area contributed by atoms with Crippen molar-refractivity contribution in [1.82, 2.24) is 20.1 Å². The molecule has 0 spiro atoms. The molecule has 180 valence electrons. The van der Waals surface area contributed by atoms with Gasteiger partial charge in [0, 0.05) is 54.3 Å². The predicted octanol–water partition coefficient (Wildman–Crippen LogP) is 4.14. The van der Waals surface area contributed by atoms with Crippen LogP contribution in [-0.4, -0.2) is 66.6 Å². The van der Waals surface area contributed by atoms with Gasteiger partial charge in [-0.3, -0.25) is 14.6 Å². The number of benzene rings is 2. The van der Waals surface area contributed by atoms with Gasteiger partial charge in [-0.25, -0.2) is 0 Å². The van der Waals surface area contributed by atoms with E-state index in [1.165, 1.54) is 48.8 Å². The van der Waals surface area contributed by atoms with E-state index in [9.17, 15) is 4.79 Å². The second kappa shape index (κ2) is 10.6. The summed E-state index contributed by atoms with van der Waals surface area (Å²) in [7, 11) is 1.66. The summed E-state index contributed by atoms with van der Waals surface area (Å²) < 4.78 is 5.42. The number of fused-ring (bicyclic) bond motifs is 1. The highest BCUT2D eigenvalue weighted by atomic mass is 16.5. The molecule has 6 heteroatoms. The van der Waals surface area contributed by atoms with Crippen molar-refractivity contribution < 1.29 is 9.53 Å². The molecule has 1 amide bonds. The zero-order valence-electron chi connectivity index (χ0n) is 20.1. The first-order chi connectivity index (χ1) is 16.7. The Morgan fingerprint density at radius 2 is 1.85 bits per heavy atom. The molecule has 1 aromatic heterocycles. The molecule has 2 aromatic carbocycles. The summed E-state index contributed by atoms with van der Waals surface area (Å²) in [5, 5.41) is 4.41. The van der Waals surface area contributed by atoms with Gasteiger partial charge in [0.15, 0.2) is 0 Å². The van der Waals surface area contributed by atoms with Gasteiger partial charge in [-0.05, 0) is 50.0 Å². The first-order valence-corrected chi connectivity index (χ1v) is 12.6. The number of piperidine rings is 2. The number of methoxy groups -OCH3 is 1. The van der Waals surface area contributed by atoms with E-state index in [-0.39, 0.29) is 5.91 Å². The summed E-state index contributed by atoms with van der Waals surface area (Å²) in [5.74, 6) is 1.27. The van der Waals surface area contributed by atoms with Crippen LogP contribution in [0.25, 0.3) is 10.9 Å². The summed E-state index contributed by atoms with van der Waals surface area (Å²) in [6.07, 6.45) is 7.25. The van der Waals surface area contributed by atoms with Crippen LogP contribution in [0.3, 0.4) is 0 Å². The van der Waals surface area contributed by atoms with Crippen molar-refractivity contribution >= 4 is 16.8 Å². The lowest BCUT2D eigenvalue weighted by Crippen LogP contribution is -2.52. The van der Waals surface area contributed by atoms with Gasteiger partial charge < -0.3 is 15.0 Å². The fraction of sp³-hybridized carbons (Fsp3) is 0.464. The van der Waals surface area contributed by atoms with Crippen LogP contribution >= 0.6 is 0 Å². The monoisotopic (exact) mass is 460 g/mol. The third kappa shape index (κ3) is 4.98. The molecule has 2 saturated heterocycles. The Labute approximate surface area is 202 Å². The minimum absolute atomic E-state index is 0.0694. The summed E-state index contributed by atoms with van der Waals surface area (Å²) in [5.41, 5.74) is 3.59. The van der Waals surface area contributed by atoms with Gasteiger partial charge in [-0.2, -0.15) is 0 Å². The Hall–Kier alpha value is -2.83. The van der Waals surface area contributed by atoms with Gasteiger partial charge in [-0.1, -0.05) is 42.8 Å². The summed E-state index contributed by atoms with van der Waals surface area (Å²) in [4.78, 5) is 21.4. The van der Waals surface area contributed by atoms with Crippen LogP contribution < -0.4 is 10.1 Å². The maximum atomic E-state index is 12.9. The number of carbonyl (C=O) groups is 1. The number of H-pyrrole nitrogens is 1. The first-order valence-electron chi connectivity index (χ1n) is 12.6. The zero-order valence-corrected chi connectivity index (χ0v) is 20.1. The second-order valence-corrected chi connectivity index (χ2v) is 9.67. The van der Waals surface area contributed by atoms with Gasteiger partial charge in [0.1, 0.15) is 5.75 Å². The Morgan fingerprint density at radius 3 is 2.71 bits per heavy atom. The molecule has 5 rings (SSSR count).